The van der Waals surface area contributed by atoms with Gasteiger partial charge in [-0.3, -0.25) is 14.3 Å². The number of rotatable bonds is 7. The Kier molecular flexibility index (Phi) is 6.41. The summed E-state index contributed by atoms with van der Waals surface area (Å²) in [6.45, 7) is -2.81. The van der Waals surface area contributed by atoms with Gasteiger partial charge in [-0.25, -0.2) is 9.50 Å². The number of benzene rings is 1. The average molecular weight is 516 g/mol. The van der Waals surface area contributed by atoms with Crippen LogP contribution in [0.5, 0.6) is 11.5 Å². The van der Waals surface area contributed by atoms with E-state index in [-0.39, 0.29) is 40.7 Å². The lowest BCUT2D eigenvalue weighted by molar-refractivity contribution is -0.121. The molecule has 0 atom stereocenters. The molecule has 1 aromatic carbocycles. The smallest absolute Gasteiger partial charge is 0.387 e. The second-order valence-corrected chi connectivity index (χ2v) is 8.67. The first-order chi connectivity index (χ1) is 17.4. The molecule has 0 saturated carbocycles. The van der Waals surface area contributed by atoms with Crippen LogP contribution in [0.4, 0.5) is 14.5 Å². The first-order valence-corrected chi connectivity index (χ1v) is 11.7. The number of carbonyl (C=O) groups is 2. The van der Waals surface area contributed by atoms with E-state index in [0.717, 1.165) is 0 Å². The van der Waals surface area contributed by atoms with Gasteiger partial charge in [0.2, 0.25) is 5.91 Å². The van der Waals surface area contributed by atoms with E-state index in [1.165, 1.54) is 58.7 Å². The molecule has 2 amide bonds. The van der Waals surface area contributed by atoms with Crippen molar-refractivity contribution in [3.05, 3.63) is 48.5 Å². The first-order valence-electron chi connectivity index (χ1n) is 10.7. The van der Waals surface area contributed by atoms with Crippen molar-refractivity contribution in [2.75, 3.05) is 24.7 Å². The summed E-state index contributed by atoms with van der Waals surface area (Å²) >= 11 is 1.45. The lowest BCUT2D eigenvalue weighted by Gasteiger charge is -2.20. The van der Waals surface area contributed by atoms with Gasteiger partial charge >= 0.3 is 6.61 Å². The molecule has 0 aliphatic carbocycles. The van der Waals surface area contributed by atoms with Gasteiger partial charge in [0, 0.05) is 31.4 Å². The summed E-state index contributed by atoms with van der Waals surface area (Å²) in [4.78, 5) is 30.0. The zero-order valence-electron chi connectivity index (χ0n) is 18.8. The van der Waals surface area contributed by atoms with E-state index in [1.54, 1.807) is 12.3 Å². The summed E-state index contributed by atoms with van der Waals surface area (Å²) in [7, 11) is 1.47. The number of nitrogens with zero attached hydrogens (tertiary/aromatic N) is 5. The molecular formula is C22H19F2N7O4S. The molecule has 0 unspecified atom stereocenters. The lowest BCUT2D eigenvalue weighted by atomic mass is 10.1. The zero-order chi connectivity index (χ0) is 25.2. The monoisotopic (exact) mass is 515 g/mol. The Balaban J connectivity index is 1.59. The highest BCUT2D eigenvalue weighted by molar-refractivity contribution is 7.99. The maximum Gasteiger partial charge on any atom is 0.387 e. The number of halogens is 2. The number of amides is 2. The van der Waals surface area contributed by atoms with Crippen LogP contribution in [0.3, 0.4) is 0 Å². The van der Waals surface area contributed by atoms with Gasteiger partial charge < -0.3 is 20.1 Å². The minimum absolute atomic E-state index is 0.120. The van der Waals surface area contributed by atoms with Gasteiger partial charge in [-0.15, -0.1) is 11.8 Å². The van der Waals surface area contributed by atoms with Gasteiger partial charge in [0.25, 0.3) is 5.91 Å². The summed E-state index contributed by atoms with van der Waals surface area (Å²) < 4.78 is 39.8. The topological polar surface area (TPSA) is 125 Å². The summed E-state index contributed by atoms with van der Waals surface area (Å²) in [6.07, 6.45) is 5.97. The van der Waals surface area contributed by atoms with Gasteiger partial charge in [0.1, 0.15) is 29.3 Å². The molecule has 3 aromatic heterocycles. The standard InChI is InChI=1S/C22H19F2N7O4S/c1-25-18(32)11-30-10-14(28-21(33)13-9-27-31-4-2-3-26-20(13)31)19(29-30)12-7-16-17(36-6-5-34-16)8-15(12)35-22(23)24/h2-4,7-10,22H,5-6,11H2,1H3,(H,25,32)(H,28,33). The highest BCUT2D eigenvalue weighted by atomic mass is 32.2. The number of likely N-dealkylation sites (N-methyl/N-ethyl adjacent to an activating group) is 1. The van der Waals surface area contributed by atoms with Crippen LogP contribution in [0.25, 0.3) is 16.9 Å². The molecule has 186 valence electrons. The minimum atomic E-state index is -3.09. The first kappa shape index (κ1) is 23.5. The highest BCUT2D eigenvalue weighted by Crippen LogP contribution is 2.44. The number of thioether (sulfide) groups is 1. The van der Waals surface area contributed by atoms with Crippen molar-refractivity contribution in [2.45, 2.75) is 18.1 Å². The third-order valence-electron chi connectivity index (χ3n) is 5.23. The van der Waals surface area contributed by atoms with Crippen molar-refractivity contribution in [1.29, 1.82) is 0 Å². The van der Waals surface area contributed by atoms with E-state index in [1.807, 2.05) is 0 Å². The summed E-state index contributed by atoms with van der Waals surface area (Å²) in [6, 6.07) is 4.67. The molecule has 11 nitrogen and oxygen atoms in total. The van der Waals surface area contributed by atoms with Gasteiger partial charge in [0.05, 0.1) is 29.0 Å². The third-order valence-corrected chi connectivity index (χ3v) is 6.23. The van der Waals surface area contributed by atoms with Crippen LogP contribution in [0.15, 0.2) is 47.9 Å². The molecule has 1 aliphatic heterocycles. The van der Waals surface area contributed by atoms with Crippen molar-refractivity contribution >= 4 is 34.9 Å². The number of nitrogens with one attached hydrogen (secondary N) is 2. The average Bonchev–Trinajstić information content (AvgIpc) is 3.47. The Morgan fingerprint density at radius 1 is 1.33 bits per heavy atom. The molecule has 1 aliphatic rings. The third kappa shape index (κ3) is 4.66. The molecule has 2 N–H and O–H groups in total. The van der Waals surface area contributed by atoms with Gasteiger partial charge in [-0.1, -0.05) is 0 Å². The minimum Gasteiger partial charge on any atom is -0.492 e. The Hall–Kier alpha value is -4.20. The van der Waals surface area contributed by atoms with Crippen LogP contribution < -0.4 is 20.1 Å². The number of ether oxygens (including phenoxy) is 2. The van der Waals surface area contributed by atoms with Crippen LogP contribution in [-0.2, 0) is 11.3 Å². The molecule has 0 saturated heterocycles. The summed E-state index contributed by atoms with van der Waals surface area (Å²) in [5, 5.41) is 13.7. The number of anilines is 1. The van der Waals surface area contributed by atoms with Crippen LogP contribution in [0.1, 0.15) is 10.4 Å². The van der Waals surface area contributed by atoms with Crippen LogP contribution in [-0.4, -0.2) is 62.2 Å². The van der Waals surface area contributed by atoms with Crippen LogP contribution in [0, 0.1) is 0 Å². The van der Waals surface area contributed by atoms with E-state index in [2.05, 4.69) is 25.8 Å². The van der Waals surface area contributed by atoms with Crippen molar-refractivity contribution in [3.63, 3.8) is 0 Å². The Bertz CT molecular complexity index is 1460. The van der Waals surface area contributed by atoms with Crippen LogP contribution in [0.2, 0.25) is 0 Å². The van der Waals surface area contributed by atoms with Crippen molar-refractivity contribution in [2.24, 2.45) is 0 Å². The second kappa shape index (κ2) is 9.81. The Labute approximate surface area is 206 Å². The number of aromatic nitrogens is 5. The van der Waals surface area contributed by atoms with E-state index in [9.17, 15) is 18.4 Å². The van der Waals surface area contributed by atoms with Gasteiger partial charge in [-0.05, 0) is 18.2 Å². The molecule has 0 fully saturated rings. The van der Waals surface area contributed by atoms with E-state index in [0.29, 0.717) is 28.7 Å². The molecule has 14 heteroatoms. The van der Waals surface area contributed by atoms with Crippen molar-refractivity contribution in [1.82, 2.24) is 29.7 Å². The van der Waals surface area contributed by atoms with E-state index < -0.39 is 12.5 Å². The number of hydrogen-bond acceptors (Lipinski definition) is 8. The number of fused-ring (bicyclic) bond motifs is 2. The summed E-state index contributed by atoms with van der Waals surface area (Å²) in [5.74, 6) is 0.109. The maximum atomic E-state index is 13.3. The maximum absolute atomic E-state index is 13.3. The molecule has 4 heterocycles. The Morgan fingerprint density at radius 3 is 3.00 bits per heavy atom. The quantitative estimate of drug-likeness (QED) is 0.385. The predicted molar refractivity (Wildman–Crippen MR) is 126 cm³/mol. The molecule has 0 spiro atoms. The van der Waals surface area contributed by atoms with Gasteiger partial charge in [0.15, 0.2) is 5.65 Å². The fraction of sp³-hybridized carbons (Fsp3) is 0.227. The predicted octanol–water partition coefficient (Wildman–Crippen LogP) is 2.68. The van der Waals surface area contributed by atoms with E-state index in [4.69, 9.17) is 9.47 Å². The second-order valence-electron chi connectivity index (χ2n) is 7.53. The number of carbonyl (C=O) groups excluding carboxylic acids is 2. The fourth-order valence-corrected chi connectivity index (χ4v) is 4.48. The highest BCUT2D eigenvalue weighted by Gasteiger charge is 2.25. The normalized spacial score (nSPS) is 12.8. The Morgan fingerprint density at radius 2 is 2.19 bits per heavy atom. The van der Waals surface area contributed by atoms with Crippen molar-refractivity contribution in [3.8, 4) is 22.8 Å². The SMILES string of the molecule is CNC(=O)Cn1cc(NC(=O)c2cnn3cccnc23)c(-c2cc3c(cc2OC(F)F)SCCO3)n1. The number of alkyl halides is 2. The molecular weight excluding hydrogens is 496 g/mol. The van der Waals surface area contributed by atoms with Gasteiger partial charge in [-0.2, -0.15) is 19.0 Å². The molecule has 36 heavy (non-hydrogen) atoms. The molecule has 0 bridgehead atoms. The van der Waals surface area contributed by atoms with Crippen molar-refractivity contribution < 1.29 is 27.8 Å². The molecule has 4 aromatic rings. The molecule has 0 radical (unpaired) electrons. The van der Waals surface area contributed by atoms with Crippen LogP contribution >= 0.6 is 11.8 Å². The van der Waals surface area contributed by atoms with E-state index >= 15 is 0 Å². The number of hydrogen-bond donors (Lipinski definition) is 2. The molecule has 5 rings (SSSR count). The summed E-state index contributed by atoms with van der Waals surface area (Å²) in [5.41, 5.74) is 0.974. The fourth-order valence-electron chi connectivity index (χ4n) is 3.64. The lowest BCUT2D eigenvalue weighted by Crippen LogP contribution is -2.23. The zero-order valence-corrected chi connectivity index (χ0v) is 19.6. The largest absolute Gasteiger partial charge is 0.492 e.